The zero-order chi connectivity index (χ0) is 18.6. The van der Waals surface area contributed by atoms with Crippen LogP contribution in [0.5, 0.6) is 5.75 Å². The van der Waals surface area contributed by atoms with Crippen molar-refractivity contribution in [3.8, 4) is 16.9 Å². The van der Waals surface area contributed by atoms with Crippen molar-refractivity contribution in [1.29, 1.82) is 0 Å². The Morgan fingerprint density at radius 3 is 1.96 bits per heavy atom. The molecule has 0 saturated carbocycles. The number of amides is 2. The summed E-state index contributed by atoms with van der Waals surface area (Å²) >= 11 is 0. The number of aromatic hydroxyl groups is 1. The van der Waals surface area contributed by atoms with E-state index in [-0.39, 0.29) is 5.75 Å². The van der Waals surface area contributed by atoms with Gasteiger partial charge in [0.2, 0.25) is 0 Å². The van der Waals surface area contributed by atoms with Gasteiger partial charge in [-0.15, -0.1) is 0 Å². The highest BCUT2D eigenvalue weighted by molar-refractivity contribution is 6.02. The van der Waals surface area contributed by atoms with E-state index in [0.717, 1.165) is 21.9 Å². The molecule has 0 bridgehead atoms. The normalized spacial score (nSPS) is 10.5. The second kappa shape index (κ2) is 7.22. The maximum atomic E-state index is 12.3. The number of urea groups is 1. The summed E-state index contributed by atoms with van der Waals surface area (Å²) < 4.78 is 0. The molecule has 4 aromatic rings. The van der Waals surface area contributed by atoms with Gasteiger partial charge in [-0.3, -0.25) is 0 Å². The fourth-order valence-corrected chi connectivity index (χ4v) is 2.99. The minimum Gasteiger partial charge on any atom is -0.506 e. The molecule has 4 aromatic carbocycles. The van der Waals surface area contributed by atoms with E-state index in [4.69, 9.17) is 0 Å². The summed E-state index contributed by atoms with van der Waals surface area (Å²) in [5.41, 5.74) is 3.24. The zero-order valence-corrected chi connectivity index (χ0v) is 14.5. The summed E-state index contributed by atoms with van der Waals surface area (Å²) in [6, 6.07) is 28.3. The van der Waals surface area contributed by atoms with E-state index in [1.54, 1.807) is 12.1 Å². The maximum Gasteiger partial charge on any atom is 0.323 e. The molecule has 0 aliphatic heterocycles. The van der Waals surface area contributed by atoms with Crippen LogP contribution >= 0.6 is 0 Å². The van der Waals surface area contributed by atoms with Crippen molar-refractivity contribution in [1.82, 2.24) is 0 Å². The number of benzene rings is 4. The van der Waals surface area contributed by atoms with E-state index >= 15 is 0 Å². The van der Waals surface area contributed by atoms with Crippen LogP contribution in [0.2, 0.25) is 0 Å². The number of carbonyl (C=O) groups is 1. The van der Waals surface area contributed by atoms with Crippen LogP contribution in [0, 0.1) is 0 Å². The van der Waals surface area contributed by atoms with Crippen LogP contribution in [0.1, 0.15) is 0 Å². The van der Waals surface area contributed by atoms with Gasteiger partial charge in [0.15, 0.2) is 0 Å². The Morgan fingerprint density at radius 1 is 0.667 bits per heavy atom. The lowest BCUT2D eigenvalue weighted by Crippen LogP contribution is -2.19. The molecule has 0 radical (unpaired) electrons. The number of hydrogen-bond acceptors (Lipinski definition) is 2. The quantitative estimate of drug-likeness (QED) is 0.404. The Kier molecular flexibility index (Phi) is 4.45. The molecule has 132 valence electrons. The Morgan fingerprint density at radius 2 is 1.26 bits per heavy atom. The number of carbonyl (C=O) groups excluding carboxylic acids is 1. The maximum absolute atomic E-state index is 12.3. The van der Waals surface area contributed by atoms with Gasteiger partial charge in [0.1, 0.15) is 5.75 Å². The van der Waals surface area contributed by atoms with Gasteiger partial charge in [-0.25, -0.2) is 4.79 Å². The van der Waals surface area contributed by atoms with Crippen molar-refractivity contribution in [2.24, 2.45) is 0 Å². The van der Waals surface area contributed by atoms with Crippen molar-refractivity contribution in [2.75, 3.05) is 10.6 Å². The van der Waals surface area contributed by atoms with Crippen LogP contribution in [0.3, 0.4) is 0 Å². The summed E-state index contributed by atoms with van der Waals surface area (Å²) in [6.45, 7) is 0. The van der Waals surface area contributed by atoms with Crippen LogP contribution in [-0.2, 0) is 0 Å². The van der Waals surface area contributed by atoms with E-state index in [0.29, 0.717) is 11.4 Å². The number of anilines is 2. The fraction of sp³-hybridized carbons (Fsp3) is 0. The average Bonchev–Trinajstić information content (AvgIpc) is 2.70. The summed E-state index contributed by atoms with van der Waals surface area (Å²) in [4.78, 5) is 12.3. The first kappa shape index (κ1) is 16.7. The largest absolute Gasteiger partial charge is 0.506 e. The Balaban J connectivity index is 1.47. The van der Waals surface area contributed by atoms with Gasteiger partial charge in [-0.05, 0) is 46.2 Å². The lowest BCUT2D eigenvalue weighted by atomic mass is 10.1. The number of phenols is 1. The van der Waals surface area contributed by atoms with E-state index in [1.165, 1.54) is 0 Å². The second-order valence-corrected chi connectivity index (χ2v) is 6.24. The minimum absolute atomic E-state index is 0.0308. The molecule has 27 heavy (non-hydrogen) atoms. The smallest absolute Gasteiger partial charge is 0.323 e. The molecule has 0 spiro atoms. The van der Waals surface area contributed by atoms with Crippen molar-refractivity contribution >= 4 is 28.2 Å². The lowest BCUT2D eigenvalue weighted by Gasteiger charge is -2.11. The summed E-state index contributed by atoms with van der Waals surface area (Å²) in [5, 5.41) is 17.5. The molecule has 0 fully saturated rings. The predicted octanol–water partition coefficient (Wildman–Crippen LogP) is 5.86. The molecular formula is C23H18N2O2. The Bertz CT molecular complexity index is 1090. The van der Waals surface area contributed by atoms with Gasteiger partial charge >= 0.3 is 6.03 Å². The van der Waals surface area contributed by atoms with Gasteiger partial charge in [0.05, 0.1) is 5.69 Å². The van der Waals surface area contributed by atoms with E-state index < -0.39 is 6.03 Å². The van der Waals surface area contributed by atoms with Crippen LogP contribution in [0.15, 0.2) is 91.0 Å². The first-order valence-electron chi connectivity index (χ1n) is 8.64. The Labute approximate surface area is 157 Å². The highest BCUT2D eigenvalue weighted by Gasteiger charge is 2.08. The van der Waals surface area contributed by atoms with Gasteiger partial charge in [0, 0.05) is 5.69 Å². The van der Waals surface area contributed by atoms with Gasteiger partial charge in [0.25, 0.3) is 0 Å². The molecule has 0 heterocycles. The number of fused-ring (bicyclic) bond motifs is 1. The molecule has 2 amide bonds. The van der Waals surface area contributed by atoms with Crippen LogP contribution in [0.25, 0.3) is 21.9 Å². The third-order valence-corrected chi connectivity index (χ3v) is 4.36. The van der Waals surface area contributed by atoms with Gasteiger partial charge in [-0.1, -0.05) is 66.7 Å². The SMILES string of the molecule is O=C(Nc1ccc(-c2ccccc2)cc1)Nc1cc2ccccc2cc1O. The standard InChI is InChI=1S/C23H18N2O2/c26-22-15-19-9-5-4-8-18(19)14-21(22)25-23(27)24-20-12-10-17(11-13-20)16-6-2-1-3-7-16/h1-15,26H,(H2,24,25,27). The molecule has 4 rings (SSSR count). The first-order valence-corrected chi connectivity index (χ1v) is 8.64. The molecule has 0 aliphatic carbocycles. The molecular weight excluding hydrogens is 336 g/mol. The highest BCUT2D eigenvalue weighted by atomic mass is 16.3. The monoisotopic (exact) mass is 354 g/mol. The van der Waals surface area contributed by atoms with Crippen molar-refractivity contribution in [2.45, 2.75) is 0 Å². The molecule has 0 saturated heterocycles. The third-order valence-electron chi connectivity index (χ3n) is 4.36. The molecule has 4 heteroatoms. The number of phenolic OH excluding ortho intramolecular Hbond substituents is 1. The highest BCUT2D eigenvalue weighted by Crippen LogP contribution is 2.29. The van der Waals surface area contributed by atoms with Crippen molar-refractivity contribution in [3.05, 3.63) is 91.0 Å². The van der Waals surface area contributed by atoms with Gasteiger partial charge < -0.3 is 15.7 Å². The van der Waals surface area contributed by atoms with Crippen LogP contribution in [0.4, 0.5) is 16.2 Å². The molecule has 0 aromatic heterocycles. The summed E-state index contributed by atoms with van der Waals surface area (Å²) in [5.74, 6) is 0.0308. The zero-order valence-electron chi connectivity index (χ0n) is 14.5. The lowest BCUT2D eigenvalue weighted by molar-refractivity contribution is 0.262. The van der Waals surface area contributed by atoms with Crippen LogP contribution in [-0.4, -0.2) is 11.1 Å². The van der Waals surface area contributed by atoms with Crippen molar-refractivity contribution in [3.63, 3.8) is 0 Å². The number of nitrogens with one attached hydrogen (secondary N) is 2. The number of hydrogen-bond donors (Lipinski definition) is 3. The third kappa shape index (κ3) is 3.75. The molecule has 0 unspecified atom stereocenters. The second-order valence-electron chi connectivity index (χ2n) is 6.24. The molecule has 3 N–H and O–H groups in total. The molecule has 0 atom stereocenters. The predicted molar refractivity (Wildman–Crippen MR) is 110 cm³/mol. The first-order chi connectivity index (χ1) is 13.2. The molecule has 0 aliphatic rings. The van der Waals surface area contributed by atoms with Crippen molar-refractivity contribution < 1.29 is 9.90 Å². The van der Waals surface area contributed by atoms with Gasteiger partial charge in [-0.2, -0.15) is 0 Å². The summed E-state index contributed by atoms with van der Waals surface area (Å²) in [6.07, 6.45) is 0. The Hall–Kier alpha value is -3.79. The fourth-order valence-electron chi connectivity index (χ4n) is 2.99. The minimum atomic E-state index is -0.409. The topological polar surface area (TPSA) is 61.4 Å². The van der Waals surface area contributed by atoms with E-state index in [1.807, 2.05) is 78.9 Å². The summed E-state index contributed by atoms with van der Waals surface area (Å²) in [7, 11) is 0. The van der Waals surface area contributed by atoms with Crippen LogP contribution < -0.4 is 10.6 Å². The number of rotatable bonds is 3. The molecule has 4 nitrogen and oxygen atoms in total. The van der Waals surface area contributed by atoms with E-state index in [2.05, 4.69) is 10.6 Å². The average molecular weight is 354 g/mol. The van der Waals surface area contributed by atoms with E-state index in [9.17, 15) is 9.90 Å².